The van der Waals surface area contributed by atoms with E-state index in [0.29, 0.717) is 19.4 Å². The molecule has 1 heterocycles. The molecule has 0 unspecified atom stereocenters. The molecule has 1 rings (SSSR count). The Labute approximate surface area is 166 Å². The smallest absolute Gasteiger partial charge is 0.242 e. The van der Waals surface area contributed by atoms with Crippen LogP contribution in [-0.2, 0) is 14.0 Å². The third-order valence-corrected chi connectivity index (χ3v) is 10.2. The zero-order valence-corrected chi connectivity index (χ0v) is 19.2. The molecule has 1 fully saturated rings. The van der Waals surface area contributed by atoms with Crippen molar-refractivity contribution in [1.82, 2.24) is 10.6 Å². The van der Waals surface area contributed by atoms with Crippen LogP contribution in [0.2, 0.25) is 18.1 Å². The molecular weight excluding hydrogens is 356 g/mol. The van der Waals surface area contributed by atoms with Crippen LogP contribution in [0.3, 0.4) is 0 Å². The van der Waals surface area contributed by atoms with Crippen molar-refractivity contribution in [2.24, 2.45) is 0 Å². The Hall–Kier alpha value is -1.14. The van der Waals surface area contributed by atoms with Crippen LogP contribution in [0, 0.1) is 0 Å². The minimum atomic E-state index is -1.87. The molecule has 1 aliphatic heterocycles. The standard InChI is InChI=1S/C21H40N2O3Si/c1-7-8-9-10-11-12-13-19(24)23-18-15-14-17(16-22-20(18)25)26-27(5,6)21(2,3)4/h8-9,17-18H,7,10-16H2,1-6H3,(H,22,25)(H,23,24)/t17-,18+/m1/s1. The second-order valence-electron chi connectivity index (χ2n) is 9.07. The molecule has 0 aliphatic carbocycles. The lowest BCUT2D eigenvalue weighted by molar-refractivity contribution is -0.128. The molecule has 0 radical (unpaired) electrons. The van der Waals surface area contributed by atoms with Crippen LogP contribution >= 0.6 is 0 Å². The Morgan fingerprint density at radius 3 is 2.59 bits per heavy atom. The Morgan fingerprint density at radius 1 is 1.26 bits per heavy atom. The van der Waals surface area contributed by atoms with Crippen LogP contribution < -0.4 is 10.6 Å². The maximum absolute atomic E-state index is 12.3. The van der Waals surface area contributed by atoms with Crippen molar-refractivity contribution in [2.45, 2.75) is 103 Å². The summed E-state index contributed by atoms with van der Waals surface area (Å²) in [6.45, 7) is 13.8. The van der Waals surface area contributed by atoms with E-state index in [-0.39, 0.29) is 23.0 Å². The van der Waals surface area contributed by atoms with Crippen LogP contribution in [0.1, 0.15) is 72.6 Å². The van der Waals surface area contributed by atoms with E-state index < -0.39 is 14.4 Å². The molecule has 2 N–H and O–H groups in total. The monoisotopic (exact) mass is 396 g/mol. The fraction of sp³-hybridized carbons (Fsp3) is 0.810. The van der Waals surface area contributed by atoms with E-state index in [9.17, 15) is 9.59 Å². The Bertz CT molecular complexity index is 512. The Morgan fingerprint density at radius 2 is 1.96 bits per heavy atom. The lowest BCUT2D eigenvalue weighted by Gasteiger charge is -2.39. The summed E-state index contributed by atoms with van der Waals surface area (Å²) >= 11 is 0. The van der Waals surface area contributed by atoms with Crippen molar-refractivity contribution in [3.05, 3.63) is 12.2 Å². The molecule has 0 spiro atoms. The van der Waals surface area contributed by atoms with Gasteiger partial charge in [-0.2, -0.15) is 0 Å². The highest BCUT2D eigenvalue weighted by atomic mass is 28.4. The quantitative estimate of drug-likeness (QED) is 0.347. The van der Waals surface area contributed by atoms with Gasteiger partial charge in [0, 0.05) is 13.0 Å². The van der Waals surface area contributed by atoms with Gasteiger partial charge in [0.2, 0.25) is 11.8 Å². The lowest BCUT2D eigenvalue weighted by atomic mass is 10.1. The molecule has 2 amide bonds. The zero-order chi connectivity index (χ0) is 20.5. The first-order valence-corrected chi connectivity index (χ1v) is 13.4. The van der Waals surface area contributed by atoms with E-state index in [2.05, 4.69) is 63.6 Å². The number of carbonyl (C=O) groups excluding carboxylic acids is 2. The highest BCUT2D eigenvalue weighted by Crippen LogP contribution is 2.37. The van der Waals surface area contributed by atoms with Crippen molar-refractivity contribution in [3.8, 4) is 0 Å². The van der Waals surface area contributed by atoms with Crippen molar-refractivity contribution in [3.63, 3.8) is 0 Å². The molecule has 0 bridgehead atoms. The van der Waals surface area contributed by atoms with Crippen molar-refractivity contribution < 1.29 is 14.0 Å². The summed E-state index contributed by atoms with van der Waals surface area (Å²) in [5.74, 6) is -0.117. The summed E-state index contributed by atoms with van der Waals surface area (Å²) in [5, 5.41) is 6.00. The summed E-state index contributed by atoms with van der Waals surface area (Å²) in [6.07, 6.45) is 10.2. The Kier molecular flexibility index (Phi) is 9.74. The molecule has 2 atom stereocenters. The molecule has 0 aromatic heterocycles. The van der Waals surface area contributed by atoms with Crippen LogP contribution in [0.15, 0.2) is 12.2 Å². The summed E-state index contributed by atoms with van der Waals surface area (Å²) in [4.78, 5) is 24.5. The number of unbranched alkanes of at least 4 members (excludes halogenated alkanes) is 2. The highest BCUT2D eigenvalue weighted by Gasteiger charge is 2.40. The van der Waals surface area contributed by atoms with E-state index in [0.717, 1.165) is 32.1 Å². The highest BCUT2D eigenvalue weighted by molar-refractivity contribution is 6.74. The fourth-order valence-corrected chi connectivity index (χ4v) is 4.24. The van der Waals surface area contributed by atoms with Crippen LogP contribution in [0.25, 0.3) is 0 Å². The van der Waals surface area contributed by atoms with Gasteiger partial charge < -0.3 is 15.1 Å². The predicted octanol–water partition coefficient (Wildman–Crippen LogP) is 4.30. The second kappa shape index (κ2) is 11.0. The topological polar surface area (TPSA) is 67.4 Å². The number of carbonyl (C=O) groups is 2. The molecule has 1 saturated heterocycles. The van der Waals surface area contributed by atoms with Gasteiger partial charge in [-0.1, -0.05) is 39.8 Å². The zero-order valence-electron chi connectivity index (χ0n) is 18.2. The predicted molar refractivity (Wildman–Crippen MR) is 114 cm³/mol. The molecule has 1 aliphatic rings. The molecule has 0 aromatic rings. The van der Waals surface area contributed by atoms with Gasteiger partial charge >= 0.3 is 0 Å². The summed E-state index contributed by atoms with van der Waals surface area (Å²) in [5.41, 5.74) is 0. The molecule has 5 nitrogen and oxygen atoms in total. The van der Waals surface area contributed by atoms with Gasteiger partial charge in [0.25, 0.3) is 0 Å². The van der Waals surface area contributed by atoms with Crippen molar-refractivity contribution in [2.75, 3.05) is 6.54 Å². The van der Waals surface area contributed by atoms with Gasteiger partial charge in [-0.05, 0) is 56.7 Å². The largest absolute Gasteiger partial charge is 0.412 e. The number of allylic oxidation sites excluding steroid dienone is 2. The van der Waals surface area contributed by atoms with Crippen LogP contribution in [0.5, 0.6) is 0 Å². The number of nitrogens with one attached hydrogen (secondary N) is 2. The van der Waals surface area contributed by atoms with E-state index in [1.165, 1.54) is 0 Å². The van der Waals surface area contributed by atoms with E-state index in [1.807, 2.05) is 0 Å². The van der Waals surface area contributed by atoms with Gasteiger partial charge in [-0.25, -0.2) is 0 Å². The van der Waals surface area contributed by atoms with E-state index in [1.54, 1.807) is 0 Å². The molecule has 27 heavy (non-hydrogen) atoms. The number of hydrogen-bond donors (Lipinski definition) is 2. The molecule has 0 saturated carbocycles. The molecule has 0 aromatic carbocycles. The number of hydrogen-bond acceptors (Lipinski definition) is 3. The molecule has 156 valence electrons. The summed E-state index contributed by atoms with van der Waals surface area (Å²) in [6, 6.07) is -0.439. The minimum absolute atomic E-state index is 0.0293. The maximum Gasteiger partial charge on any atom is 0.242 e. The van der Waals surface area contributed by atoms with Gasteiger partial charge in [0.15, 0.2) is 8.32 Å². The second-order valence-corrected chi connectivity index (χ2v) is 13.8. The first kappa shape index (κ1) is 23.9. The number of rotatable bonds is 9. The van der Waals surface area contributed by atoms with Gasteiger partial charge in [-0.15, -0.1) is 0 Å². The average Bonchev–Trinajstić information content (AvgIpc) is 2.72. The maximum atomic E-state index is 12.3. The average molecular weight is 397 g/mol. The van der Waals surface area contributed by atoms with Crippen LogP contribution in [0.4, 0.5) is 0 Å². The third-order valence-electron chi connectivity index (χ3n) is 5.63. The number of amides is 2. The van der Waals surface area contributed by atoms with Gasteiger partial charge in [0.1, 0.15) is 6.04 Å². The lowest BCUT2D eigenvalue weighted by Crippen LogP contribution is -2.47. The Balaban J connectivity index is 2.43. The van der Waals surface area contributed by atoms with Crippen molar-refractivity contribution in [1.29, 1.82) is 0 Å². The summed E-state index contributed by atoms with van der Waals surface area (Å²) in [7, 11) is -1.87. The first-order valence-electron chi connectivity index (χ1n) is 10.5. The van der Waals surface area contributed by atoms with Crippen LogP contribution in [-0.4, -0.2) is 38.8 Å². The normalized spacial score (nSPS) is 21.8. The SMILES string of the molecule is CCC=CCCCCC(=O)N[C@H]1CC[C@@H](O[Si](C)(C)C(C)(C)C)CNC1=O. The fourth-order valence-electron chi connectivity index (χ4n) is 2.85. The molecular formula is C21H40N2O3Si. The first-order chi connectivity index (χ1) is 12.6. The van der Waals surface area contributed by atoms with E-state index in [4.69, 9.17) is 4.43 Å². The van der Waals surface area contributed by atoms with E-state index >= 15 is 0 Å². The van der Waals surface area contributed by atoms with Crippen molar-refractivity contribution >= 4 is 20.1 Å². The third kappa shape index (κ3) is 8.60. The molecule has 6 heteroatoms. The minimum Gasteiger partial charge on any atom is -0.412 e. The van der Waals surface area contributed by atoms with Gasteiger partial charge in [-0.3, -0.25) is 9.59 Å². The summed E-state index contributed by atoms with van der Waals surface area (Å²) < 4.78 is 6.44. The van der Waals surface area contributed by atoms with Gasteiger partial charge in [0.05, 0.1) is 6.10 Å².